The van der Waals surface area contributed by atoms with Gasteiger partial charge in [-0.2, -0.15) is 0 Å². The predicted molar refractivity (Wildman–Crippen MR) is 71.3 cm³/mol. The van der Waals surface area contributed by atoms with Crippen molar-refractivity contribution >= 4 is 5.91 Å². The Balaban J connectivity index is 2.15. The van der Waals surface area contributed by atoms with Crippen LogP contribution < -0.4 is 0 Å². The Bertz CT molecular complexity index is 290. The summed E-state index contributed by atoms with van der Waals surface area (Å²) in [6, 6.07) is 0.178. The smallest absolute Gasteiger partial charge is 0.242 e. The summed E-state index contributed by atoms with van der Waals surface area (Å²) in [6.07, 6.45) is 6.20. The molecule has 0 aromatic carbocycles. The number of amides is 1. The minimum atomic E-state index is -0.317. The van der Waals surface area contributed by atoms with E-state index in [1.807, 2.05) is 7.05 Å². The normalized spacial score (nSPS) is 32.6. The van der Waals surface area contributed by atoms with Crippen LogP contribution in [0.3, 0.4) is 0 Å². The van der Waals surface area contributed by atoms with Gasteiger partial charge in [-0.05, 0) is 18.8 Å². The average molecular weight is 254 g/mol. The minimum absolute atomic E-state index is 0.0492. The summed E-state index contributed by atoms with van der Waals surface area (Å²) in [7, 11) is 1.85. The second kappa shape index (κ2) is 6.02. The van der Waals surface area contributed by atoms with Crippen LogP contribution in [-0.4, -0.2) is 59.6 Å². The SMILES string of the molecule is CC1CN(C)C(=O)C(CO)N(C2CCCCC2)C1. The summed E-state index contributed by atoms with van der Waals surface area (Å²) in [5.74, 6) is 0.574. The molecular weight excluding hydrogens is 228 g/mol. The minimum Gasteiger partial charge on any atom is -0.394 e. The van der Waals surface area contributed by atoms with Gasteiger partial charge in [-0.15, -0.1) is 0 Å². The van der Waals surface area contributed by atoms with E-state index in [4.69, 9.17) is 0 Å². The lowest BCUT2D eigenvalue weighted by atomic mass is 9.92. The lowest BCUT2D eigenvalue weighted by molar-refractivity contribution is -0.136. The molecule has 18 heavy (non-hydrogen) atoms. The maximum atomic E-state index is 12.3. The Morgan fingerprint density at radius 3 is 2.50 bits per heavy atom. The first-order chi connectivity index (χ1) is 8.63. The molecule has 0 aromatic heterocycles. The third kappa shape index (κ3) is 2.86. The number of carbonyl (C=O) groups is 1. The lowest BCUT2D eigenvalue weighted by Crippen LogP contribution is -2.52. The van der Waals surface area contributed by atoms with E-state index in [9.17, 15) is 9.90 Å². The molecule has 2 aliphatic rings. The van der Waals surface area contributed by atoms with Crippen molar-refractivity contribution in [1.29, 1.82) is 0 Å². The molecule has 1 N–H and O–H groups in total. The highest BCUT2D eigenvalue weighted by molar-refractivity contribution is 5.82. The molecule has 0 bridgehead atoms. The molecule has 1 heterocycles. The van der Waals surface area contributed by atoms with E-state index in [1.54, 1.807) is 4.90 Å². The van der Waals surface area contributed by atoms with Crippen LogP contribution in [0, 0.1) is 5.92 Å². The molecule has 104 valence electrons. The van der Waals surface area contributed by atoms with Crippen LogP contribution in [0.1, 0.15) is 39.0 Å². The Hall–Kier alpha value is -0.610. The zero-order valence-corrected chi connectivity index (χ0v) is 11.6. The number of rotatable bonds is 2. The van der Waals surface area contributed by atoms with Gasteiger partial charge in [0, 0.05) is 26.2 Å². The van der Waals surface area contributed by atoms with E-state index in [2.05, 4.69) is 11.8 Å². The van der Waals surface area contributed by atoms with Crippen LogP contribution in [0.25, 0.3) is 0 Å². The van der Waals surface area contributed by atoms with Gasteiger partial charge in [-0.3, -0.25) is 9.69 Å². The molecular formula is C14H26N2O2. The van der Waals surface area contributed by atoms with Crippen molar-refractivity contribution in [2.45, 2.75) is 51.1 Å². The Kier molecular flexibility index (Phi) is 4.62. The molecule has 0 radical (unpaired) electrons. The van der Waals surface area contributed by atoms with Crippen LogP contribution in [-0.2, 0) is 4.79 Å². The maximum Gasteiger partial charge on any atom is 0.242 e. The number of carbonyl (C=O) groups excluding carboxylic acids is 1. The van der Waals surface area contributed by atoms with E-state index in [-0.39, 0.29) is 18.6 Å². The van der Waals surface area contributed by atoms with Gasteiger partial charge in [-0.1, -0.05) is 26.2 Å². The first kappa shape index (κ1) is 13.8. The van der Waals surface area contributed by atoms with Gasteiger partial charge < -0.3 is 10.0 Å². The fourth-order valence-corrected chi connectivity index (χ4v) is 3.50. The van der Waals surface area contributed by atoms with E-state index in [1.165, 1.54) is 32.1 Å². The predicted octanol–water partition coefficient (Wildman–Crippen LogP) is 1.09. The molecule has 1 amide bonds. The second-order valence-corrected chi connectivity index (χ2v) is 6.01. The Labute approximate surface area is 110 Å². The monoisotopic (exact) mass is 254 g/mol. The molecule has 4 heteroatoms. The van der Waals surface area contributed by atoms with Crippen LogP contribution >= 0.6 is 0 Å². The quantitative estimate of drug-likeness (QED) is 0.802. The molecule has 1 aliphatic heterocycles. The topological polar surface area (TPSA) is 43.8 Å². The average Bonchev–Trinajstić information content (AvgIpc) is 2.48. The third-order valence-corrected chi connectivity index (χ3v) is 4.39. The fourth-order valence-electron chi connectivity index (χ4n) is 3.50. The molecule has 1 aliphatic carbocycles. The summed E-state index contributed by atoms with van der Waals surface area (Å²) in [6.45, 7) is 3.89. The van der Waals surface area contributed by atoms with Gasteiger partial charge in [0.1, 0.15) is 6.04 Å². The molecule has 1 saturated carbocycles. The van der Waals surface area contributed by atoms with Crippen molar-refractivity contribution in [3.8, 4) is 0 Å². The lowest BCUT2D eigenvalue weighted by Gasteiger charge is -2.38. The van der Waals surface area contributed by atoms with Crippen LogP contribution in [0.2, 0.25) is 0 Å². The highest BCUT2D eigenvalue weighted by atomic mass is 16.3. The van der Waals surface area contributed by atoms with Crippen molar-refractivity contribution in [2.24, 2.45) is 5.92 Å². The number of hydrogen-bond donors (Lipinski definition) is 1. The van der Waals surface area contributed by atoms with Crippen molar-refractivity contribution in [3.63, 3.8) is 0 Å². The summed E-state index contributed by atoms with van der Waals surface area (Å²) in [5, 5.41) is 9.60. The summed E-state index contributed by atoms with van der Waals surface area (Å²) in [4.78, 5) is 16.4. The highest BCUT2D eigenvalue weighted by Crippen LogP contribution is 2.27. The van der Waals surface area contributed by atoms with Crippen molar-refractivity contribution in [3.05, 3.63) is 0 Å². The molecule has 1 saturated heterocycles. The number of likely N-dealkylation sites (N-methyl/N-ethyl adjacent to an activating group) is 1. The van der Waals surface area contributed by atoms with Crippen LogP contribution in [0.5, 0.6) is 0 Å². The van der Waals surface area contributed by atoms with Crippen molar-refractivity contribution in [2.75, 3.05) is 26.7 Å². The molecule has 0 spiro atoms. The zero-order valence-electron chi connectivity index (χ0n) is 11.6. The summed E-state index contributed by atoms with van der Waals surface area (Å²) in [5.41, 5.74) is 0. The van der Waals surface area contributed by atoms with Crippen molar-refractivity contribution < 1.29 is 9.90 Å². The maximum absolute atomic E-state index is 12.3. The first-order valence-electron chi connectivity index (χ1n) is 7.25. The van der Waals surface area contributed by atoms with E-state index in [0.717, 1.165) is 13.1 Å². The van der Waals surface area contributed by atoms with Crippen molar-refractivity contribution in [1.82, 2.24) is 9.80 Å². The first-order valence-corrected chi connectivity index (χ1v) is 7.25. The van der Waals surface area contributed by atoms with Gasteiger partial charge >= 0.3 is 0 Å². The Morgan fingerprint density at radius 2 is 1.89 bits per heavy atom. The van der Waals surface area contributed by atoms with E-state index in [0.29, 0.717) is 12.0 Å². The standard InChI is InChI=1S/C14H26N2O2/c1-11-8-15(2)14(18)13(10-17)16(9-11)12-6-4-3-5-7-12/h11-13,17H,3-10H2,1-2H3. The second-order valence-electron chi connectivity index (χ2n) is 6.01. The largest absolute Gasteiger partial charge is 0.394 e. The van der Waals surface area contributed by atoms with Gasteiger partial charge in [0.05, 0.1) is 6.61 Å². The summed E-state index contributed by atoms with van der Waals surface area (Å²) >= 11 is 0. The number of nitrogens with zero attached hydrogens (tertiary/aromatic N) is 2. The molecule has 2 rings (SSSR count). The number of hydrogen-bond acceptors (Lipinski definition) is 3. The van der Waals surface area contributed by atoms with Gasteiger partial charge in [0.15, 0.2) is 0 Å². The number of aliphatic hydroxyl groups is 1. The van der Waals surface area contributed by atoms with Gasteiger partial charge in [-0.25, -0.2) is 0 Å². The number of aliphatic hydroxyl groups excluding tert-OH is 1. The van der Waals surface area contributed by atoms with E-state index < -0.39 is 0 Å². The zero-order chi connectivity index (χ0) is 13.1. The molecule has 2 fully saturated rings. The molecule has 2 atom stereocenters. The summed E-state index contributed by atoms with van der Waals surface area (Å²) < 4.78 is 0. The van der Waals surface area contributed by atoms with Gasteiger partial charge in [0.25, 0.3) is 0 Å². The molecule has 4 nitrogen and oxygen atoms in total. The highest BCUT2D eigenvalue weighted by Gasteiger charge is 2.36. The molecule has 2 unspecified atom stereocenters. The third-order valence-electron chi connectivity index (χ3n) is 4.39. The van der Waals surface area contributed by atoms with Crippen LogP contribution in [0.4, 0.5) is 0 Å². The van der Waals surface area contributed by atoms with Gasteiger partial charge in [0.2, 0.25) is 5.91 Å². The Morgan fingerprint density at radius 1 is 1.22 bits per heavy atom. The van der Waals surface area contributed by atoms with E-state index >= 15 is 0 Å². The van der Waals surface area contributed by atoms with Crippen LogP contribution in [0.15, 0.2) is 0 Å². The fraction of sp³-hybridized carbons (Fsp3) is 0.929. The molecule has 0 aromatic rings.